The second-order valence-electron chi connectivity index (χ2n) is 5.66. The summed E-state index contributed by atoms with van der Waals surface area (Å²) < 4.78 is 5.53. The highest BCUT2D eigenvalue weighted by atomic mass is 16.5. The van der Waals surface area contributed by atoms with Crippen LogP contribution >= 0.6 is 0 Å². The van der Waals surface area contributed by atoms with Gasteiger partial charge in [-0.1, -0.05) is 6.07 Å². The SMILES string of the molecule is CC(c1cccnc1)N(C)C(=O)Nc1ccc(Oc2ncccn2)cc1. The highest BCUT2D eigenvalue weighted by Crippen LogP contribution is 2.22. The van der Waals surface area contributed by atoms with Crippen LogP contribution in [-0.4, -0.2) is 32.9 Å². The number of pyridine rings is 1. The number of urea groups is 1. The predicted molar refractivity (Wildman–Crippen MR) is 98.0 cm³/mol. The van der Waals surface area contributed by atoms with E-state index in [9.17, 15) is 4.79 Å². The molecule has 132 valence electrons. The molecule has 7 heteroatoms. The zero-order valence-corrected chi connectivity index (χ0v) is 14.5. The van der Waals surface area contributed by atoms with Crippen LogP contribution in [0.3, 0.4) is 0 Å². The molecule has 2 amide bonds. The average molecular weight is 349 g/mol. The second-order valence-corrected chi connectivity index (χ2v) is 5.66. The van der Waals surface area contributed by atoms with Gasteiger partial charge < -0.3 is 15.0 Å². The molecule has 1 aromatic carbocycles. The van der Waals surface area contributed by atoms with E-state index in [0.29, 0.717) is 11.4 Å². The first kappa shape index (κ1) is 17.3. The number of aromatic nitrogens is 3. The van der Waals surface area contributed by atoms with Gasteiger partial charge >= 0.3 is 12.0 Å². The number of hydrogen-bond donors (Lipinski definition) is 1. The largest absolute Gasteiger partial charge is 0.424 e. The van der Waals surface area contributed by atoms with Crippen LogP contribution in [0.1, 0.15) is 18.5 Å². The van der Waals surface area contributed by atoms with E-state index < -0.39 is 0 Å². The topological polar surface area (TPSA) is 80.2 Å². The molecule has 0 fully saturated rings. The van der Waals surface area contributed by atoms with Gasteiger partial charge in [-0.25, -0.2) is 14.8 Å². The standard InChI is InChI=1S/C19H19N5O2/c1-14(15-5-3-10-20-13-15)24(2)19(25)23-16-6-8-17(9-7-16)26-18-21-11-4-12-22-18/h3-14H,1-2H3,(H,23,25). The fraction of sp³-hybridized carbons (Fsp3) is 0.158. The highest BCUT2D eigenvalue weighted by molar-refractivity contribution is 5.89. The molecule has 0 aliphatic rings. The van der Waals surface area contributed by atoms with Gasteiger partial charge in [-0.2, -0.15) is 0 Å². The average Bonchev–Trinajstić information content (AvgIpc) is 2.70. The smallest absolute Gasteiger partial charge is 0.322 e. The van der Waals surface area contributed by atoms with Crippen molar-refractivity contribution in [3.63, 3.8) is 0 Å². The van der Waals surface area contributed by atoms with E-state index in [1.165, 1.54) is 0 Å². The van der Waals surface area contributed by atoms with Crippen molar-refractivity contribution < 1.29 is 9.53 Å². The molecule has 26 heavy (non-hydrogen) atoms. The lowest BCUT2D eigenvalue weighted by Crippen LogP contribution is -2.33. The van der Waals surface area contributed by atoms with Gasteiger partial charge in [0, 0.05) is 37.5 Å². The molecule has 2 heterocycles. The van der Waals surface area contributed by atoms with Crippen LogP contribution in [0.25, 0.3) is 0 Å². The zero-order chi connectivity index (χ0) is 18.4. The van der Waals surface area contributed by atoms with E-state index in [0.717, 1.165) is 5.56 Å². The van der Waals surface area contributed by atoms with Gasteiger partial charge in [0.05, 0.1) is 6.04 Å². The fourth-order valence-electron chi connectivity index (χ4n) is 2.28. The highest BCUT2D eigenvalue weighted by Gasteiger charge is 2.17. The van der Waals surface area contributed by atoms with E-state index in [-0.39, 0.29) is 18.1 Å². The fourth-order valence-corrected chi connectivity index (χ4v) is 2.28. The Morgan fingerprint density at radius 2 is 1.81 bits per heavy atom. The van der Waals surface area contributed by atoms with Crippen LogP contribution < -0.4 is 10.1 Å². The van der Waals surface area contributed by atoms with Crippen molar-refractivity contribution >= 4 is 11.7 Å². The number of amides is 2. The normalized spacial score (nSPS) is 11.5. The maximum absolute atomic E-state index is 12.4. The first-order valence-corrected chi connectivity index (χ1v) is 8.12. The van der Waals surface area contributed by atoms with Crippen LogP contribution in [0.5, 0.6) is 11.8 Å². The van der Waals surface area contributed by atoms with E-state index >= 15 is 0 Å². The lowest BCUT2D eigenvalue weighted by molar-refractivity contribution is 0.208. The van der Waals surface area contributed by atoms with Gasteiger partial charge in [0.2, 0.25) is 0 Å². The third kappa shape index (κ3) is 4.32. The molecule has 0 aliphatic heterocycles. The van der Waals surface area contributed by atoms with Gasteiger partial charge in [-0.3, -0.25) is 4.98 Å². The summed E-state index contributed by atoms with van der Waals surface area (Å²) in [6, 6.07) is 12.5. The summed E-state index contributed by atoms with van der Waals surface area (Å²) in [5.74, 6) is 0.589. The molecule has 0 bridgehead atoms. The Balaban J connectivity index is 1.60. The Bertz CT molecular complexity index is 841. The van der Waals surface area contributed by atoms with Crippen molar-refractivity contribution in [3.8, 4) is 11.8 Å². The first-order valence-electron chi connectivity index (χ1n) is 8.12. The number of ether oxygens (including phenoxy) is 1. The Hall–Kier alpha value is -3.48. The number of nitrogens with one attached hydrogen (secondary N) is 1. The van der Waals surface area contributed by atoms with Gasteiger partial charge in [0.1, 0.15) is 5.75 Å². The molecule has 1 N–H and O–H groups in total. The quantitative estimate of drug-likeness (QED) is 0.756. The molecular formula is C19H19N5O2. The molecular weight excluding hydrogens is 330 g/mol. The van der Waals surface area contributed by atoms with Gasteiger partial charge in [0.25, 0.3) is 0 Å². The number of nitrogens with zero attached hydrogens (tertiary/aromatic N) is 4. The van der Waals surface area contributed by atoms with Gasteiger partial charge in [-0.05, 0) is 48.9 Å². The van der Waals surface area contributed by atoms with Gasteiger partial charge in [-0.15, -0.1) is 0 Å². The lowest BCUT2D eigenvalue weighted by atomic mass is 10.1. The third-order valence-electron chi connectivity index (χ3n) is 3.92. The van der Waals surface area contributed by atoms with Gasteiger partial charge in [0.15, 0.2) is 0 Å². The summed E-state index contributed by atoms with van der Waals surface area (Å²) in [5.41, 5.74) is 1.64. The molecule has 0 saturated carbocycles. The molecule has 1 atom stereocenters. The minimum atomic E-state index is -0.207. The van der Waals surface area contributed by atoms with Crippen molar-refractivity contribution in [2.75, 3.05) is 12.4 Å². The van der Waals surface area contributed by atoms with E-state index in [1.54, 1.807) is 67.1 Å². The maximum Gasteiger partial charge on any atom is 0.322 e. The summed E-state index contributed by atoms with van der Waals surface area (Å²) in [6.07, 6.45) is 6.68. The Morgan fingerprint density at radius 3 is 2.46 bits per heavy atom. The number of carbonyl (C=O) groups excluding carboxylic acids is 1. The maximum atomic E-state index is 12.4. The van der Waals surface area contributed by atoms with Crippen molar-refractivity contribution in [1.82, 2.24) is 19.9 Å². The molecule has 7 nitrogen and oxygen atoms in total. The minimum absolute atomic E-state index is 0.0958. The summed E-state index contributed by atoms with van der Waals surface area (Å²) in [5, 5.41) is 2.86. The number of rotatable bonds is 5. The van der Waals surface area contributed by atoms with Crippen molar-refractivity contribution in [2.24, 2.45) is 0 Å². The minimum Gasteiger partial charge on any atom is -0.424 e. The van der Waals surface area contributed by atoms with E-state index in [2.05, 4.69) is 20.3 Å². The van der Waals surface area contributed by atoms with Crippen LogP contribution in [0.15, 0.2) is 67.3 Å². The Labute approximate surface area is 151 Å². The van der Waals surface area contributed by atoms with Crippen molar-refractivity contribution in [3.05, 3.63) is 72.8 Å². The molecule has 0 saturated heterocycles. The van der Waals surface area contributed by atoms with Crippen LogP contribution in [0.2, 0.25) is 0 Å². The number of anilines is 1. The number of carbonyl (C=O) groups is 1. The molecule has 0 spiro atoms. The molecule has 0 aliphatic carbocycles. The first-order chi connectivity index (χ1) is 12.6. The van der Waals surface area contributed by atoms with Crippen molar-refractivity contribution in [2.45, 2.75) is 13.0 Å². The van der Waals surface area contributed by atoms with Crippen LogP contribution in [-0.2, 0) is 0 Å². The molecule has 2 aromatic heterocycles. The summed E-state index contributed by atoms with van der Waals surface area (Å²) in [4.78, 5) is 26.2. The van der Waals surface area contributed by atoms with E-state index in [4.69, 9.17) is 4.74 Å². The summed E-state index contributed by atoms with van der Waals surface area (Å²) in [6.45, 7) is 1.95. The van der Waals surface area contributed by atoms with Crippen LogP contribution in [0.4, 0.5) is 10.5 Å². The molecule has 3 rings (SSSR count). The monoisotopic (exact) mass is 349 g/mol. The number of benzene rings is 1. The molecule has 3 aromatic rings. The second kappa shape index (κ2) is 8.06. The van der Waals surface area contributed by atoms with Crippen LogP contribution in [0, 0.1) is 0 Å². The van der Waals surface area contributed by atoms with E-state index in [1.807, 2.05) is 19.1 Å². The summed E-state index contributed by atoms with van der Waals surface area (Å²) in [7, 11) is 1.75. The summed E-state index contributed by atoms with van der Waals surface area (Å²) >= 11 is 0. The predicted octanol–water partition coefficient (Wildman–Crippen LogP) is 3.89. The van der Waals surface area contributed by atoms with Crippen molar-refractivity contribution in [1.29, 1.82) is 0 Å². The zero-order valence-electron chi connectivity index (χ0n) is 14.5. The Kier molecular flexibility index (Phi) is 5.38. The molecule has 1 unspecified atom stereocenters. The molecule has 0 radical (unpaired) electrons. The third-order valence-corrected chi connectivity index (χ3v) is 3.92. The Morgan fingerprint density at radius 1 is 1.08 bits per heavy atom. The number of hydrogen-bond acceptors (Lipinski definition) is 5. The lowest BCUT2D eigenvalue weighted by Gasteiger charge is -2.25.